The third-order valence-electron chi connectivity index (χ3n) is 2.29. The Balaban J connectivity index is 0.00000225. The number of nitrogens with one attached hydrogen (secondary N) is 1. The molecule has 0 aliphatic carbocycles. The molecule has 0 spiro atoms. The Hall–Kier alpha value is -0.460. The highest BCUT2D eigenvalue weighted by molar-refractivity contribution is 5.85. The standard InChI is InChI=1S/C9H16F2N2O2.ClH/c10-9(11,5-12)6-13-8(14)7-3-1-2-4-15-7;/h7H,1-6,12H2,(H,13,14);1H. The first kappa shape index (κ1) is 15.5. The third-order valence-corrected chi connectivity index (χ3v) is 2.29. The molecule has 1 saturated heterocycles. The average molecular weight is 259 g/mol. The Bertz CT molecular complexity index is 224. The number of nitrogens with two attached hydrogens (primary N) is 1. The number of rotatable bonds is 4. The second kappa shape index (κ2) is 6.98. The summed E-state index contributed by atoms with van der Waals surface area (Å²) in [5.41, 5.74) is 4.84. The molecule has 1 aliphatic heterocycles. The van der Waals surface area contributed by atoms with E-state index < -0.39 is 31.0 Å². The maximum Gasteiger partial charge on any atom is 0.277 e. The van der Waals surface area contributed by atoms with E-state index in [1.54, 1.807) is 0 Å². The number of carbonyl (C=O) groups is 1. The fraction of sp³-hybridized carbons (Fsp3) is 0.889. The Morgan fingerprint density at radius 2 is 2.19 bits per heavy atom. The molecule has 1 atom stereocenters. The Morgan fingerprint density at radius 1 is 1.50 bits per heavy atom. The number of hydrogen-bond acceptors (Lipinski definition) is 3. The molecule has 0 saturated carbocycles. The van der Waals surface area contributed by atoms with Crippen LogP contribution in [0.3, 0.4) is 0 Å². The minimum absolute atomic E-state index is 0. The maximum absolute atomic E-state index is 12.7. The molecule has 16 heavy (non-hydrogen) atoms. The van der Waals surface area contributed by atoms with Gasteiger partial charge in [0, 0.05) is 6.61 Å². The Morgan fingerprint density at radius 3 is 2.69 bits per heavy atom. The Kier molecular flexibility index (Phi) is 6.78. The second-order valence-corrected chi connectivity index (χ2v) is 3.63. The zero-order valence-electron chi connectivity index (χ0n) is 8.88. The molecule has 0 aromatic carbocycles. The van der Waals surface area contributed by atoms with Gasteiger partial charge in [-0.3, -0.25) is 4.79 Å². The van der Waals surface area contributed by atoms with E-state index in [0.717, 1.165) is 12.8 Å². The molecule has 0 bridgehead atoms. The summed E-state index contributed by atoms with van der Waals surface area (Å²) < 4.78 is 30.6. The quantitative estimate of drug-likeness (QED) is 0.780. The van der Waals surface area contributed by atoms with Crippen molar-refractivity contribution in [2.75, 3.05) is 19.7 Å². The van der Waals surface area contributed by atoms with Crippen LogP contribution in [0, 0.1) is 0 Å². The summed E-state index contributed by atoms with van der Waals surface area (Å²) in [5.74, 6) is -3.51. The molecular formula is C9H17ClF2N2O2. The third kappa shape index (κ3) is 5.05. The van der Waals surface area contributed by atoms with E-state index in [0.29, 0.717) is 13.0 Å². The van der Waals surface area contributed by atoms with E-state index in [9.17, 15) is 13.6 Å². The van der Waals surface area contributed by atoms with Gasteiger partial charge >= 0.3 is 0 Å². The number of ether oxygens (including phenoxy) is 1. The van der Waals surface area contributed by atoms with Crippen molar-refractivity contribution in [2.24, 2.45) is 5.73 Å². The smallest absolute Gasteiger partial charge is 0.277 e. The van der Waals surface area contributed by atoms with Crippen LogP contribution in [0.2, 0.25) is 0 Å². The lowest BCUT2D eigenvalue weighted by atomic mass is 10.1. The van der Waals surface area contributed by atoms with Crippen LogP contribution in [0.5, 0.6) is 0 Å². The number of carbonyl (C=O) groups excluding carboxylic acids is 1. The van der Waals surface area contributed by atoms with Crippen LogP contribution < -0.4 is 11.1 Å². The molecule has 1 rings (SSSR count). The second-order valence-electron chi connectivity index (χ2n) is 3.63. The fourth-order valence-electron chi connectivity index (χ4n) is 1.35. The van der Waals surface area contributed by atoms with Gasteiger partial charge in [-0.25, -0.2) is 8.78 Å². The SMILES string of the molecule is Cl.NCC(F)(F)CNC(=O)C1CCCCO1. The van der Waals surface area contributed by atoms with Gasteiger partial charge in [0.25, 0.3) is 5.92 Å². The fourth-order valence-corrected chi connectivity index (χ4v) is 1.35. The van der Waals surface area contributed by atoms with Crippen molar-refractivity contribution in [3.05, 3.63) is 0 Å². The van der Waals surface area contributed by atoms with Crippen molar-refractivity contribution >= 4 is 18.3 Å². The summed E-state index contributed by atoms with van der Waals surface area (Å²) in [7, 11) is 0. The molecular weight excluding hydrogens is 242 g/mol. The van der Waals surface area contributed by atoms with E-state index in [4.69, 9.17) is 10.5 Å². The van der Waals surface area contributed by atoms with Gasteiger partial charge in [0.2, 0.25) is 5.91 Å². The monoisotopic (exact) mass is 258 g/mol. The van der Waals surface area contributed by atoms with Crippen molar-refractivity contribution in [3.8, 4) is 0 Å². The predicted molar refractivity (Wildman–Crippen MR) is 57.9 cm³/mol. The van der Waals surface area contributed by atoms with E-state index >= 15 is 0 Å². The van der Waals surface area contributed by atoms with Gasteiger partial charge in [-0.1, -0.05) is 0 Å². The van der Waals surface area contributed by atoms with Gasteiger partial charge in [-0.05, 0) is 19.3 Å². The van der Waals surface area contributed by atoms with Crippen LogP contribution in [0.1, 0.15) is 19.3 Å². The lowest BCUT2D eigenvalue weighted by Gasteiger charge is -2.23. The highest BCUT2D eigenvalue weighted by Crippen LogP contribution is 2.13. The van der Waals surface area contributed by atoms with Gasteiger partial charge in [0.1, 0.15) is 6.10 Å². The largest absolute Gasteiger partial charge is 0.368 e. The first-order valence-corrected chi connectivity index (χ1v) is 5.02. The summed E-state index contributed by atoms with van der Waals surface area (Å²) in [4.78, 5) is 11.4. The van der Waals surface area contributed by atoms with Crippen LogP contribution >= 0.6 is 12.4 Å². The zero-order chi connectivity index (χ0) is 11.3. The first-order valence-electron chi connectivity index (χ1n) is 5.02. The number of amides is 1. The molecule has 1 unspecified atom stereocenters. The topological polar surface area (TPSA) is 64.3 Å². The molecule has 4 nitrogen and oxygen atoms in total. The predicted octanol–water partition coefficient (Wildman–Crippen LogP) is 0.687. The van der Waals surface area contributed by atoms with Crippen molar-refractivity contribution in [2.45, 2.75) is 31.3 Å². The average Bonchev–Trinajstić information content (AvgIpc) is 2.27. The molecule has 0 aromatic rings. The van der Waals surface area contributed by atoms with Gasteiger partial charge in [0.15, 0.2) is 0 Å². The van der Waals surface area contributed by atoms with E-state index in [-0.39, 0.29) is 12.4 Å². The van der Waals surface area contributed by atoms with Crippen molar-refractivity contribution < 1.29 is 18.3 Å². The summed E-state index contributed by atoms with van der Waals surface area (Å²) in [6.07, 6.45) is 1.83. The minimum atomic E-state index is -3.04. The summed E-state index contributed by atoms with van der Waals surface area (Å²) in [6.45, 7) is -0.966. The molecule has 3 N–H and O–H groups in total. The van der Waals surface area contributed by atoms with Crippen LogP contribution in [0.15, 0.2) is 0 Å². The molecule has 1 heterocycles. The lowest BCUT2D eigenvalue weighted by molar-refractivity contribution is -0.137. The number of halogens is 3. The van der Waals surface area contributed by atoms with E-state index in [1.807, 2.05) is 0 Å². The van der Waals surface area contributed by atoms with Gasteiger partial charge in [0.05, 0.1) is 13.1 Å². The molecule has 0 aromatic heterocycles. The van der Waals surface area contributed by atoms with Crippen molar-refractivity contribution in [1.29, 1.82) is 0 Å². The van der Waals surface area contributed by atoms with E-state index in [2.05, 4.69) is 5.32 Å². The van der Waals surface area contributed by atoms with Gasteiger partial charge in [-0.15, -0.1) is 12.4 Å². The molecule has 0 radical (unpaired) electrons. The molecule has 1 amide bonds. The van der Waals surface area contributed by atoms with Crippen LogP contribution in [0.25, 0.3) is 0 Å². The van der Waals surface area contributed by atoms with Crippen LogP contribution in [-0.4, -0.2) is 37.6 Å². The molecule has 1 fully saturated rings. The van der Waals surface area contributed by atoms with Crippen LogP contribution in [-0.2, 0) is 9.53 Å². The Labute approximate surface area is 99.3 Å². The van der Waals surface area contributed by atoms with Crippen molar-refractivity contribution in [1.82, 2.24) is 5.32 Å². The molecule has 7 heteroatoms. The molecule has 1 aliphatic rings. The van der Waals surface area contributed by atoms with Gasteiger partial charge in [-0.2, -0.15) is 0 Å². The summed E-state index contributed by atoms with van der Waals surface area (Å²) in [5, 5.41) is 2.15. The van der Waals surface area contributed by atoms with E-state index in [1.165, 1.54) is 0 Å². The summed E-state index contributed by atoms with van der Waals surface area (Å²) in [6, 6.07) is 0. The number of hydrogen-bond donors (Lipinski definition) is 2. The van der Waals surface area contributed by atoms with Crippen molar-refractivity contribution in [3.63, 3.8) is 0 Å². The summed E-state index contributed by atoms with van der Waals surface area (Å²) >= 11 is 0. The van der Waals surface area contributed by atoms with Gasteiger partial charge < -0.3 is 15.8 Å². The first-order chi connectivity index (χ1) is 7.05. The zero-order valence-corrected chi connectivity index (χ0v) is 9.69. The highest BCUT2D eigenvalue weighted by atomic mass is 35.5. The van der Waals surface area contributed by atoms with Crippen LogP contribution in [0.4, 0.5) is 8.78 Å². The number of alkyl halides is 2. The molecule has 96 valence electrons. The highest BCUT2D eigenvalue weighted by Gasteiger charge is 2.29. The normalized spacial score (nSPS) is 21.1. The lowest BCUT2D eigenvalue weighted by Crippen LogP contribution is -2.46. The maximum atomic E-state index is 12.7. The minimum Gasteiger partial charge on any atom is -0.368 e.